The van der Waals surface area contributed by atoms with Crippen LogP contribution in [0.15, 0.2) is 78.6 Å². The van der Waals surface area contributed by atoms with Crippen LogP contribution in [0.2, 0.25) is 5.02 Å². The van der Waals surface area contributed by atoms with Crippen molar-refractivity contribution < 1.29 is 14.3 Å². The molecular formula is C23H17ClN2O3. The number of halogens is 1. The molecule has 0 atom stereocenters. The topological polar surface area (TPSA) is 67.4 Å². The Morgan fingerprint density at radius 1 is 1.03 bits per heavy atom. The molecule has 1 heterocycles. The maximum atomic E-state index is 12.5. The molecule has 3 aromatic carbocycles. The lowest BCUT2D eigenvalue weighted by Gasteiger charge is -2.20. The third kappa shape index (κ3) is 4.31. The molecule has 0 radical (unpaired) electrons. The fourth-order valence-corrected chi connectivity index (χ4v) is 3.12. The van der Waals surface area contributed by atoms with E-state index in [2.05, 4.69) is 10.6 Å². The summed E-state index contributed by atoms with van der Waals surface area (Å²) in [5.41, 5.74) is 2.55. The van der Waals surface area contributed by atoms with E-state index in [1.54, 1.807) is 30.3 Å². The van der Waals surface area contributed by atoms with Crippen LogP contribution in [0.3, 0.4) is 0 Å². The van der Waals surface area contributed by atoms with Gasteiger partial charge >= 0.3 is 0 Å². The predicted molar refractivity (Wildman–Crippen MR) is 113 cm³/mol. The second-order valence-corrected chi connectivity index (χ2v) is 6.87. The van der Waals surface area contributed by atoms with E-state index in [9.17, 15) is 9.59 Å². The number of rotatable bonds is 4. The summed E-state index contributed by atoms with van der Waals surface area (Å²) >= 11 is 6.12. The molecule has 5 nitrogen and oxygen atoms in total. The van der Waals surface area contributed by atoms with Crippen LogP contribution in [0, 0.1) is 0 Å². The van der Waals surface area contributed by atoms with E-state index in [0.29, 0.717) is 28.6 Å². The van der Waals surface area contributed by atoms with Crippen molar-refractivity contribution in [2.45, 2.75) is 6.54 Å². The Morgan fingerprint density at radius 3 is 2.59 bits per heavy atom. The Kier molecular flexibility index (Phi) is 5.31. The zero-order valence-corrected chi connectivity index (χ0v) is 16.1. The second-order valence-electron chi connectivity index (χ2n) is 6.46. The van der Waals surface area contributed by atoms with Crippen molar-refractivity contribution in [2.75, 3.05) is 5.32 Å². The summed E-state index contributed by atoms with van der Waals surface area (Å²) in [6.07, 6.45) is 1.67. The molecule has 0 spiro atoms. The predicted octanol–water partition coefficient (Wildman–Crippen LogP) is 4.64. The highest BCUT2D eigenvalue weighted by Crippen LogP contribution is 2.32. The highest BCUT2D eigenvalue weighted by molar-refractivity contribution is 6.31. The summed E-state index contributed by atoms with van der Waals surface area (Å²) < 4.78 is 5.73. The molecule has 3 aromatic rings. The lowest BCUT2D eigenvalue weighted by molar-refractivity contribution is -0.115. The molecular weight excluding hydrogens is 388 g/mol. The Labute approximate surface area is 173 Å². The van der Waals surface area contributed by atoms with Crippen LogP contribution >= 0.6 is 11.6 Å². The number of hydrogen-bond donors (Lipinski definition) is 2. The third-order valence-electron chi connectivity index (χ3n) is 4.43. The van der Waals surface area contributed by atoms with Gasteiger partial charge in [-0.05, 0) is 41.5 Å². The van der Waals surface area contributed by atoms with Gasteiger partial charge in [0.2, 0.25) is 0 Å². The molecule has 0 unspecified atom stereocenters. The van der Waals surface area contributed by atoms with Crippen LogP contribution in [-0.4, -0.2) is 11.8 Å². The monoisotopic (exact) mass is 404 g/mol. The zero-order chi connectivity index (χ0) is 20.2. The molecule has 144 valence electrons. The molecule has 4 rings (SSSR count). The van der Waals surface area contributed by atoms with Crippen molar-refractivity contribution >= 4 is 35.2 Å². The summed E-state index contributed by atoms with van der Waals surface area (Å²) in [7, 11) is 0. The number of nitrogens with one attached hydrogen (secondary N) is 2. The van der Waals surface area contributed by atoms with Gasteiger partial charge in [0, 0.05) is 17.1 Å². The fraction of sp³-hybridized carbons (Fsp3) is 0.0435. The molecule has 0 aliphatic carbocycles. The van der Waals surface area contributed by atoms with Crippen molar-refractivity contribution in [2.24, 2.45) is 0 Å². The first-order valence-electron chi connectivity index (χ1n) is 9.02. The number of amides is 2. The number of anilines is 1. The first-order chi connectivity index (χ1) is 14.1. The standard InChI is InChI=1S/C23H17ClN2O3/c24-18-9-5-4-8-17(18)14-25-22(27)16-10-11-20-19(13-16)26-23(28)21(29-20)12-15-6-2-1-3-7-15/h1-13H,14H2,(H,25,27)(H,26,28)/b21-12-. The molecule has 6 heteroatoms. The molecule has 2 amide bonds. The van der Waals surface area contributed by atoms with Gasteiger partial charge in [0.1, 0.15) is 0 Å². The molecule has 0 saturated heterocycles. The normalized spacial score (nSPS) is 14.0. The molecule has 0 bridgehead atoms. The van der Waals surface area contributed by atoms with Gasteiger partial charge in [0.15, 0.2) is 11.5 Å². The van der Waals surface area contributed by atoms with Crippen molar-refractivity contribution in [3.63, 3.8) is 0 Å². The van der Waals surface area contributed by atoms with Gasteiger partial charge in [-0.1, -0.05) is 60.1 Å². The van der Waals surface area contributed by atoms with Gasteiger partial charge in [-0.3, -0.25) is 9.59 Å². The SMILES string of the molecule is O=C1Nc2cc(C(=O)NCc3ccccc3Cl)ccc2O/C1=C\c1ccccc1. The smallest absolute Gasteiger partial charge is 0.291 e. The van der Waals surface area contributed by atoms with Gasteiger partial charge in [-0.2, -0.15) is 0 Å². The van der Waals surface area contributed by atoms with Crippen LogP contribution in [0.1, 0.15) is 21.5 Å². The Morgan fingerprint density at radius 2 is 1.79 bits per heavy atom. The van der Waals surface area contributed by atoms with E-state index in [1.807, 2.05) is 48.5 Å². The quantitative estimate of drug-likeness (QED) is 0.622. The molecule has 0 aromatic heterocycles. The second kappa shape index (κ2) is 8.20. The Hall–Kier alpha value is -3.57. The number of benzene rings is 3. The van der Waals surface area contributed by atoms with Crippen molar-refractivity contribution in [3.8, 4) is 5.75 Å². The number of carbonyl (C=O) groups is 2. The first kappa shape index (κ1) is 18.8. The fourth-order valence-electron chi connectivity index (χ4n) is 2.92. The summed E-state index contributed by atoms with van der Waals surface area (Å²) in [5, 5.41) is 6.20. The molecule has 1 aliphatic heterocycles. The highest BCUT2D eigenvalue weighted by Gasteiger charge is 2.23. The number of carbonyl (C=O) groups excluding carboxylic acids is 2. The Balaban J connectivity index is 1.49. The minimum Gasteiger partial charge on any atom is -0.449 e. The minimum atomic E-state index is -0.366. The van der Waals surface area contributed by atoms with Gasteiger partial charge in [-0.25, -0.2) is 0 Å². The number of hydrogen-bond acceptors (Lipinski definition) is 3. The van der Waals surface area contributed by atoms with Crippen molar-refractivity contribution in [1.82, 2.24) is 5.32 Å². The average molecular weight is 405 g/mol. The summed E-state index contributed by atoms with van der Waals surface area (Å²) in [5.74, 6) is 0.0385. The zero-order valence-electron chi connectivity index (χ0n) is 15.3. The van der Waals surface area contributed by atoms with Gasteiger partial charge < -0.3 is 15.4 Å². The maximum Gasteiger partial charge on any atom is 0.291 e. The molecule has 29 heavy (non-hydrogen) atoms. The lowest BCUT2D eigenvalue weighted by Crippen LogP contribution is -2.26. The van der Waals surface area contributed by atoms with E-state index < -0.39 is 0 Å². The van der Waals surface area contributed by atoms with Crippen molar-refractivity contribution in [3.05, 3.63) is 100 Å². The highest BCUT2D eigenvalue weighted by atomic mass is 35.5. The first-order valence-corrected chi connectivity index (χ1v) is 9.39. The van der Waals surface area contributed by atoms with E-state index in [4.69, 9.17) is 16.3 Å². The lowest BCUT2D eigenvalue weighted by atomic mass is 10.1. The average Bonchev–Trinajstić information content (AvgIpc) is 2.74. The minimum absolute atomic E-state index is 0.194. The van der Waals surface area contributed by atoms with Gasteiger partial charge in [0.05, 0.1) is 5.69 Å². The van der Waals surface area contributed by atoms with Crippen molar-refractivity contribution in [1.29, 1.82) is 0 Å². The molecule has 0 fully saturated rings. The summed E-state index contributed by atoms with van der Waals surface area (Å²) in [6, 6.07) is 21.7. The largest absolute Gasteiger partial charge is 0.449 e. The third-order valence-corrected chi connectivity index (χ3v) is 4.80. The number of ether oxygens (including phenoxy) is 1. The van der Waals surface area contributed by atoms with E-state index in [1.165, 1.54) is 0 Å². The van der Waals surface area contributed by atoms with Crippen LogP contribution < -0.4 is 15.4 Å². The van der Waals surface area contributed by atoms with Gasteiger partial charge in [-0.15, -0.1) is 0 Å². The molecule has 2 N–H and O–H groups in total. The summed E-state index contributed by atoms with van der Waals surface area (Å²) in [6.45, 7) is 0.308. The van der Waals surface area contributed by atoms with Gasteiger partial charge in [0.25, 0.3) is 11.8 Å². The van der Waals surface area contributed by atoms with E-state index >= 15 is 0 Å². The summed E-state index contributed by atoms with van der Waals surface area (Å²) in [4.78, 5) is 24.9. The Bertz CT molecular complexity index is 1110. The number of fused-ring (bicyclic) bond motifs is 1. The van der Waals surface area contributed by atoms with Crippen LogP contribution in [0.4, 0.5) is 5.69 Å². The van der Waals surface area contributed by atoms with E-state index in [0.717, 1.165) is 11.1 Å². The molecule has 1 aliphatic rings. The van der Waals surface area contributed by atoms with E-state index in [-0.39, 0.29) is 17.6 Å². The molecule has 0 saturated carbocycles. The van der Waals surface area contributed by atoms with Crippen LogP contribution in [0.5, 0.6) is 5.75 Å². The van der Waals surface area contributed by atoms with Crippen LogP contribution in [0.25, 0.3) is 6.08 Å². The maximum absolute atomic E-state index is 12.5. The van der Waals surface area contributed by atoms with Crippen LogP contribution in [-0.2, 0) is 11.3 Å².